The molecule has 1 spiro atoms. The first-order valence-electron chi connectivity index (χ1n) is 11.9. The van der Waals surface area contributed by atoms with Crippen LogP contribution in [0.25, 0.3) is 0 Å². The normalized spacial score (nSPS) is 30.3. The van der Waals surface area contributed by atoms with E-state index < -0.39 is 22.6 Å². The first kappa shape index (κ1) is 27.2. The van der Waals surface area contributed by atoms with E-state index in [-0.39, 0.29) is 47.5 Å². The molecule has 3 unspecified atom stereocenters. The van der Waals surface area contributed by atoms with E-state index >= 15 is 0 Å². The third-order valence-corrected chi connectivity index (χ3v) is 11.0. The van der Waals surface area contributed by atoms with E-state index in [1.165, 1.54) is 4.90 Å². The maximum Gasteiger partial charge on any atom is 0.251 e. The molecule has 4 rings (SSSR count). The minimum atomic E-state index is -0.852. The SMILES string of the molecule is C=CCN(C)C(=O)[C@H]1[C@@H]2SC3(CC2Br)C(C(=O)N(CC=C)c2c(C)cccc2Cl)N(CCO)C(=O)[C@H]13. The van der Waals surface area contributed by atoms with Crippen LogP contribution in [0.4, 0.5) is 5.69 Å². The van der Waals surface area contributed by atoms with Gasteiger partial charge in [-0.05, 0) is 25.0 Å². The number of anilines is 1. The summed E-state index contributed by atoms with van der Waals surface area (Å²) in [7, 11) is 1.70. The highest BCUT2D eigenvalue weighted by molar-refractivity contribution is 9.09. The van der Waals surface area contributed by atoms with E-state index in [4.69, 9.17) is 11.6 Å². The number of amides is 3. The summed E-state index contributed by atoms with van der Waals surface area (Å²) in [6.07, 6.45) is 3.85. The van der Waals surface area contributed by atoms with E-state index in [2.05, 4.69) is 29.1 Å². The van der Waals surface area contributed by atoms with Gasteiger partial charge < -0.3 is 19.8 Å². The Balaban J connectivity index is 1.82. The number of hydrogen-bond donors (Lipinski definition) is 1. The van der Waals surface area contributed by atoms with Gasteiger partial charge in [-0.15, -0.1) is 24.9 Å². The number of carbonyl (C=O) groups excluding carboxylic acids is 3. The van der Waals surface area contributed by atoms with Crippen LogP contribution < -0.4 is 4.90 Å². The summed E-state index contributed by atoms with van der Waals surface area (Å²) < 4.78 is -0.800. The molecule has 3 aliphatic heterocycles. The number of benzene rings is 1. The number of β-amino-alcohol motifs (C(OH)–C–C–N with tert-alkyl or cyclic N) is 1. The Kier molecular flexibility index (Phi) is 7.95. The molecule has 2 bridgehead atoms. The van der Waals surface area contributed by atoms with Crippen LogP contribution in [-0.2, 0) is 14.4 Å². The first-order valence-corrected chi connectivity index (χ1v) is 14.1. The fourth-order valence-electron chi connectivity index (χ4n) is 6.11. The van der Waals surface area contributed by atoms with Crippen molar-refractivity contribution in [3.05, 3.63) is 54.1 Å². The fourth-order valence-corrected chi connectivity index (χ4v) is 10.0. The van der Waals surface area contributed by atoms with Crippen LogP contribution in [0, 0.1) is 18.8 Å². The number of hydrogen-bond acceptors (Lipinski definition) is 5. The number of aliphatic hydroxyl groups excluding tert-OH is 1. The van der Waals surface area contributed by atoms with Crippen molar-refractivity contribution in [1.29, 1.82) is 0 Å². The van der Waals surface area contributed by atoms with Crippen molar-refractivity contribution in [2.45, 2.75) is 34.2 Å². The molecule has 1 N–H and O–H groups in total. The topological polar surface area (TPSA) is 81.2 Å². The molecule has 0 radical (unpaired) electrons. The van der Waals surface area contributed by atoms with Gasteiger partial charge in [-0.3, -0.25) is 14.4 Å². The molecule has 7 nitrogen and oxygen atoms in total. The average Bonchev–Trinajstić information content (AvgIpc) is 3.41. The molecule has 6 atom stereocenters. The third-order valence-electron chi connectivity index (χ3n) is 7.46. The highest BCUT2D eigenvalue weighted by atomic mass is 79.9. The number of likely N-dealkylation sites (N-methyl/N-ethyl adjacent to an activating group) is 1. The monoisotopic (exact) mass is 595 g/mol. The minimum Gasteiger partial charge on any atom is -0.395 e. The van der Waals surface area contributed by atoms with Gasteiger partial charge in [0.2, 0.25) is 11.8 Å². The molecular formula is C26H31BrClN3O4S. The summed E-state index contributed by atoms with van der Waals surface area (Å²) in [6, 6.07) is 4.58. The van der Waals surface area contributed by atoms with E-state index in [1.54, 1.807) is 46.8 Å². The predicted octanol–water partition coefficient (Wildman–Crippen LogP) is 3.27. The van der Waals surface area contributed by atoms with Gasteiger partial charge in [0.25, 0.3) is 5.91 Å². The Morgan fingerprint density at radius 2 is 2.00 bits per heavy atom. The molecule has 0 aliphatic carbocycles. The molecule has 0 aromatic heterocycles. The Hall–Kier alpha value is -1.81. The van der Waals surface area contributed by atoms with Crippen molar-refractivity contribution in [3.8, 4) is 0 Å². The maximum atomic E-state index is 14.4. The number of rotatable bonds is 9. The number of halogens is 2. The number of thioether (sulfide) groups is 1. The lowest BCUT2D eigenvalue weighted by molar-refractivity contribution is -0.143. The number of carbonyl (C=O) groups is 3. The second kappa shape index (κ2) is 10.5. The van der Waals surface area contributed by atoms with Crippen molar-refractivity contribution in [1.82, 2.24) is 9.80 Å². The fraction of sp³-hybridized carbons (Fsp3) is 0.500. The van der Waals surface area contributed by atoms with Gasteiger partial charge in [-0.2, -0.15) is 0 Å². The van der Waals surface area contributed by atoms with Gasteiger partial charge in [-0.1, -0.05) is 51.8 Å². The second-order valence-corrected chi connectivity index (χ2v) is 12.7. The van der Waals surface area contributed by atoms with Crippen molar-refractivity contribution < 1.29 is 19.5 Å². The Bertz CT molecular complexity index is 1080. The molecule has 10 heteroatoms. The summed E-state index contributed by atoms with van der Waals surface area (Å²) in [5.74, 6) is -1.88. The Morgan fingerprint density at radius 3 is 2.61 bits per heavy atom. The highest BCUT2D eigenvalue weighted by Crippen LogP contribution is 2.68. The minimum absolute atomic E-state index is 0.0124. The molecule has 194 valence electrons. The van der Waals surface area contributed by atoms with Gasteiger partial charge in [0, 0.05) is 36.8 Å². The van der Waals surface area contributed by atoms with Crippen LogP contribution in [0.3, 0.4) is 0 Å². The number of aryl methyl sites for hydroxylation is 1. The van der Waals surface area contributed by atoms with Crippen LogP contribution in [-0.4, -0.2) is 86.8 Å². The summed E-state index contributed by atoms with van der Waals surface area (Å²) in [5.41, 5.74) is 1.40. The van der Waals surface area contributed by atoms with Crippen LogP contribution in [0.5, 0.6) is 0 Å². The zero-order valence-electron chi connectivity index (χ0n) is 20.4. The standard InChI is InChI=1S/C26H31BrClN3O4S/c1-5-10-29(4)23(33)18-19-24(34)31(12-13-32)22(26(19)14-16(27)21(18)36-26)25(35)30(11-6-2)20-15(3)8-7-9-17(20)28/h5-9,16,18-19,21-22,32H,1-2,10-14H2,3-4H3/t16?,18-,19+,21-,22?,26?/m1/s1. The smallest absolute Gasteiger partial charge is 0.251 e. The van der Waals surface area contributed by atoms with E-state index in [0.717, 1.165) is 5.56 Å². The molecule has 1 aromatic rings. The van der Waals surface area contributed by atoms with Crippen molar-refractivity contribution in [3.63, 3.8) is 0 Å². The predicted molar refractivity (Wildman–Crippen MR) is 148 cm³/mol. The Morgan fingerprint density at radius 1 is 1.31 bits per heavy atom. The van der Waals surface area contributed by atoms with E-state index in [0.29, 0.717) is 23.7 Å². The number of fused-ring (bicyclic) bond motifs is 1. The molecule has 3 saturated heterocycles. The highest BCUT2D eigenvalue weighted by Gasteiger charge is 2.76. The van der Waals surface area contributed by atoms with E-state index in [9.17, 15) is 19.5 Å². The molecule has 36 heavy (non-hydrogen) atoms. The molecule has 0 saturated carbocycles. The maximum absolute atomic E-state index is 14.4. The molecule has 3 fully saturated rings. The zero-order valence-corrected chi connectivity index (χ0v) is 23.6. The lowest BCUT2D eigenvalue weighted by Gasteiger charge is -2.38. The van der Waals surface area contributed by atoms with Crippen LogP contribution in [0.2, 0.25) is 5.02 Å². The molecule has 1 aromatic carbocycles. The third kappa shape index (κ3) is 4.12. The van der Waals surface area contributed by atoms with Crippen molar-refractivity contribution in [2.75, 3.05) is 38.2 Å². The van der Waals surface area contributed by atoms with Gasteiger partial charge in [0.05, 0.1) is 33.9 Å². The number of para-hydroxylation sites is 1. The second-order valence-electron chi connectivity index (χ2n) is 9.57. The molecule has 3 heterocycles. The average molecular weight is 597 g/mol. The summed E-state index contributed by atoms with van der Waals surface area (Å²) in [4.78, 5) is 46.5. The van der Waals surface area contributed by atoms with Crippen LogP contribution in [0.1, 0.15) is 12.0 Å². The molecule has 3 amide bonds. The van der Waals surface area contributed by atoms with Crippen LogP contribution >= 0.6 is 39.3 Å². The lowest BCUT2D eigenvalue weighted by Crippen LogP contribution is -2.56. The van der Waals surface area contributed by atoms with Crippen LogP contribution in [0.15, 0.2) is 43.5 Å². The van der Waals surface area contributed by atoms with Gasteiger partial charge in [-0.25, -0.2) is 0 Å². The number of nitrogens with zero attached hydrogens (tertiary/aromatic N) is 3. The van der Waals surface area contributed by atoms with E-state index in [1.807, 2.05) is 19.1 Å². The quantitative estimate of drug-likeness (QED) is 0.350. The number of likely N-dealkylation sites (tertiary alicyclic amines) is 1. The largest absolute Gasteiger partial charge is 0.395 e. The summed E-state index contributed by atoms with van der Waals surface area (Å²) in [6.45, 7) is 9.74. The summed E-state index contributed by atoms with van der Waals surface area (Å²) >= 11 is 11.9. The first-order chi connectivity index (χ1) is 17.1. The van der Waals surface area contributed by atoms with Crippen molar-refractivity contribution in [2.24, 2.45) is 11.8 Å². The Labute approximate surface area is 229 Å². The van der Waals surface area contributed by atoms with Crippen molar-refractivity contribution >= 4 is 62.7 Å². The van der Waals surface area contributed by atoms with Gasteiger partial charge in [0.15, 0.2) is 0 Å². The van der Waals surface area contributed by atoms with Gasteiger partial charge in [0.1, 0.15) is 6.04 Å². The molecular weight excluding hydrogens is 566 g/mol. The molecule has 3 aliphatic rings. The van der Waals surface area contributed by atoms with Gasteiger partial charge >= 0.3 is 0 Å². The number of alkyl halides is 1. The number of aliphatic hydroxyl groups is 1. The lowest BCUT2D eigenvalue weighted by atomic mass is 9.70. The summed E-state index contributed by atoms with van der Waals surface area (Å²) in [5, 5.41) is 10.1. The zero-order chi connectivity index (χ0) is 26.4.